The van der Waals surface area contributed by atoms with E-state index >= 15 is 0 Å². The SMILES string of the molecule is CC/C=C\C/C=C\C/C=C\CCCCCC(=O)OCC(O)CC. The van der Waals surface area contributed by atoms with Crippen molar-refractivity contribution in [3.8, 4) is 0 Å². The lowest BCUT2D eigenvalue weighted by Crippen LogP contribution is -2.17. The van der Waals surface area contributed by atoms with E-state index in [0.717, 1.165) is 44.9 Å². The van der Waals surface area contributed by atoms with Crippen LogP contribution in [0.4, 0.5) is 0 Å². The Kier molecular flexibility index (Phi) is 16.0. The Hall–Kier alpha value is -1.35. The van der Waals surface area contributed by atoms with Gasteiger partial charge in [-0.1, -0.05) is 56.7 Å². The van der Waals surface area contributed by atoms with Gasteiger partial charge in [-0.2, -0.15) is 0 Å². The lowest BCUT2D eigenvalue weighted by atomic mass is 10.1. The van der Waals surface area contributed by atoms with Crippen molar-refractivity contribution in [2.24, 2.45) is 0 Å². The van der Waals surface area contributed by atoms with Gasteiger partial charge in [0.25, 0.3) is 0 Å². The average Bonchev–Trinajstić information content (AvgIpc) is 2.56. The summed E-state index contributed by atoms with van der Waals surface area (Å²) < 4.78 is 4.99. The average molecular weight is 322 g/mol. The summed E-state index contributed by atoms with van der Waals surface area (Å²) in [5.41, 5.74) is 0. The van der Waals surface area contributed by atoms with Gasteiger partial charge in [-0.25, -0.2) is 0 Å². The molecule has 0 radical (unpaired) electrons. The smallest absolute Gasteiger partial charge is 0.305 e. The maximum atomic E-state index is 11.4. The van der Waals surface area contributed by atoms with E-state index in [-0.39, 0.29) is 12.6 Å². The number of carbonyl (C=O) groups is 1. The molecule has 0 aromatic heterocycles. The molecule has 1 atom stereocenters. The van der Waals surface area contributed by atoms with Crippen LogP contribution in [-0.2, 0) is 9.53 Å². The van der Waals surface area contributed by atoms with Crippen molar-refractivity contribution in [2.75, 3.05) is 6.61 Å². The Balaban J connectivity index is 3.39. The number of ether oxygens (including phenoxy) is 1. The van der Waals surface area contributed by atoms with Crippen molar-refractivity contribution < 1.29 is 14.6 Å². The van der Waals surface area contributed by atoms with Gasteiger partial charge in [0, 0.05) is 6.42 Å². The summed E-state index contributed by atoms with van der Waals surface area (Å²) in [5.74, 6) is -0.199. The van der Waals surface area contributed by atoms with Crippen LogP contribution in [0.2, 0.25) is 0 Å². The first-order valence-electron chi connectivity index (χ1n) is 8.99. The monoisotopic (exact) mass is 322 g/mol. The molecule has 0 amide bonds. The van der Waals surface area contributed by atoms with Gasteiger partial charge in [0.1, 0.15) is 6.61 Å². The molecule has 1 N–H and O–H groups in total. The molecule has 0 fully saturated rings. The van der Waals surface area contributed by atoms with Gasteiger partial charge in [0.15, 0.2) is 0 Å². The number of unbranched alkanes of at least 4 members (excludes halogenated alkanes) is 3. The van der Waals surface area contributed by atoms with Crippen LogP contribution in [0.25, 0.3) is 0 Å². The minimum Gasteiger partial charge on any atom is -0.463 e. The minimum absolute atomic E-state index is 0.125. The summed E-state index contributed by atoms with van der Waals surface area (Å²) in [4.78, 5) is 11.4. The molecule has 0 aromatic carbocycles. The first-order chi connectivity index (χ1) is 11.2. The summed E-state index contributed by atoms with van der Waals surface area (Å²) in [7, 11) is 0. The van der Waals surface area contributed by atoms with Crippen molar-refractivity contribution in [2.45, 2.75) is 77.7 Å². The lowest BCUT2D eigenvalue weighted by Gasteiger charge is -2.08. The Morgan fingerprint density at radius 1 is 0.957 bits per heavy atom. The number of aliphatic hydroxyl groups excluding tert-OH is 1. The molecule has 132 valence electrons. The number of aliphatic hydroxyl groups is 1. The van der Waals surface area contributed by atoms with Crippen molar-refractivity contribution in [3.05, 3.63) is 36.5 Å². The van der Waals surface area contributed by atoms with Crippen LogP contribution in [0.5, 0.6) is 0 Å². The van der Waals surface area contributed by atoms with Gasteiger partial charge in [0.2, 0.25) is 0 Å². The third-order valence-corrected chi connectivity index (χ3v) is 3.44. The zero-order valence-corrected chi connectivity index (χ0v) is 14.9. The molecule has 0 aromatic rings. The number of rotatable bonds is 14. The van der Waals surface area contributed by atoms with Gasteiger partial charge < -0.3 is 9.84 Å². The fourth-order valence-electron chi connectivity index (χ4n) is 1.91. The second kappa shape index (κ2) is 17.0. The highest BCUT2D eigenvalue weighted by molar-refractivity contribution is 5.69. The highest BCUT2D eigenvalue weighted by Crippen LogP contribution is 2.06. The van der Waals surface area contributed by atoms with E-state index in [1.54, 1.807) is 0 Å². The van der Waals surface area contributed by atoms with Crippen LogP contribution in [0.3, 0.4) is 0 Å². The van der Waals surface area contributed by atoms with E-state index < -0.39 is 6.10 Å². The van der Waals surface area contributed by atoms with Crippen LogP contribution in [0, 0.1) is 0 Å². The van der Waals surface area contributed by atoms with Gasteiger partial charge >= 0.3 is 5.97 Å². The van der Waals surface area contributed by atoms with Crippen molar-refractivity contribution in [3.63, 3.8) is 0 Å². The predicted molar refractivity (Wildman–Crippen MR) is 97.3 cm³/mol. The van der Waals surface area contributed by atoms with Crippen LogP contribution < -0.4 is 0 Å². The molecule has 0 bridgehead atoms. The van der Waals surface area contributed by atoms with E-state index in [1.165, 1.54) is 0 Å². The Morgan fingerprint density at radius 2 is 1.61 bits per heavy atom. The molecular formula is C20H34O3. The molecular weight excluding hydrogens is 288 g/mol. The first kappa shape index (κ1) is 21.6. The topological polar surface area (TPSA) is 46.5 Å². The summed E-state index contributed by atoms with van der Waals surface area (Å²) in [6.45, 7) is 4.13. The second-order valence-electron chi connectivity index (χ2n) is 5.64. The molecule has 0 saturated carbocycles. The van der Waals surface area contributed by atoms with E-state index in [9.17, 15) is 9.90 Å². The normalized spacial score (nSPS) is 13.3. The molecule has 0 aliphatic rings. The Bertz CT molecular complexity index is 356. The van der Waals surface area contributed by atoms with Crippen molar-refractivity contribution in [1.82, 2.24) is 0 Å². The lowest BCUT2D eigenvalue weighted by molar-refractivity contribution is -0.146. The number of hydrogen-bond acceptors (Lipinski definition) is 3. The van der Waals surface area contributed by atoms with E-state index in [4.69, 9.17) is 4.74 Å². The largest absolute Gasteiger partial charge is 0.463 e. The quantitative estimate of drug-likeness (QED) is 0.275. The third-order valence-electron chi connectivity index (χ3n) is 3.44. The number of carbonyl (C=O) groups excluding carboxylic acids is 1. The molecule has 0 heterocycles. The van der Waals surface area contributed by atoms with Crippen LogP contribution in [0.15, 0.2) is 36.5 Å². The number of esters is 1. The van der Waals surface area contributed by atoms with Gasteiger partial charge in [0.05, 0.1) is 6.10 Å². The highest BCUT2D eigenvalue weighted by Gasteiger charge is 2.06. The van der Waals surface area contributed by atoms with E-state index in [2.05, 4.69) is 43.4 Å². The fourth-order valence-corrected chi connectivity index (χ4v) is 1.91. The van der Waals surface area contributed by atoms with Crippen molar-refractivity contribution in [1.29, 1.82) is 0 Å². The first-order valence-corrected chi connectivity index (χ1v) is 8.99. The molecule has 1 unspecified atom stereocenters. The predicted octanol–water partition coefficient (Wildman–Crippen LogP) is 5.11. The molecule has 0 spiro atoms. The van der Waals surface area contributed by atoms with E-state index in [0.29, 0.717) is 12.8 Å². The summed E-state index contributed by atoms with van der Waals surface area (Å²) >= 11 is 0. The van der Waals surface area contributed by atoms with Gasteiger partial charge in [-0.05, 0) is 44.9 Å². The summed E-state index contributed by atoms with van der Waals surface area (Å²) in [6.07, 6.45) is 20.9. The number of hydrogen-bond donors (Lipinski definition) is 1. The minimum atomic E-state index is -0.527. The molecule has 0 saturated heterocycles. The van der Waals surface area contributed by atoms with Gasteiger partial charge in [-0.15, -0.1) is 0 Å². The Labute approximate surface area is 142 Å². The molecule has 0 aliphatic carbocycles. The molecule has 3 nitrogen and oxygen atoms in total. The second-order valence-corrected chi connectivity index (χ2v) is 5.64. The maximum Gasteiger partial charge on any atom is 0.305 e. The third kappa shape index (κ3) is 16.8. The zero-order chi connectivity index (χ0) is 17.2. The highest BCUT2D eigenvalue weighted by atomic mass is 16.5. The van der Waals surface area contributed by atoms with E-state index in [1.807, 2.05) is 6.92 Å². The van der Waals surface area contributed by atoms with Crippen molar-refractivity contribution >= 4 is 5.97 Å². The molecule has 23 heavy (non-hydrogen) atoms. The van der Waals surface area contributed by atoms with Crippen LogP contribution >= 0.6 is 0 Å². The van der Waals surface area contributed by atoms with Crippen LogP contribution in [0.1, 0.15) is 71.6 Å². The fraction of sp³-hybridized carbons (Fsp3) is 0.650. The molecule has 0 rings (SSSR count). The maximum absolute atomic E-state index is 11.4. The molecule has 0 aliphatic heterocycles. The van der Waals surface area contributed by atoms with Crippen LogP contribution in [-0.4, -0.2) is 23.8 Å². The summed E-state index contributed by atoms with van der Waals surface area (Å²) in [5, 5.41) is 9.30. The Morgan fingerprint density at radius 3 is 2.26 bits per heavy atom. The summed E-state index contributed by atoms with van der Waals surface area (Å²) in [6, 6.07) is 0. The zero-order valence-electron chi connectivity index (χ0n) is 14.9. The van der Waals surface area contributed by atoms with Gasteiger partial charge in [-0.3, -0.25) is 4.79 Å². The molecule has 3 heteroatoms. The number of allylic oxidation sites excluding steroid dienone is 6. The standard InChI is InChI=1S/C20H34O3/c1-3-5-6-7-8-9-10-11-12-13-14-15-16-17-20(22)23-18-19(21)4-2/h5-6,8-9,11-12,19,21H,3-4,7,10,13-18H2,1-2H3/b6-5-,9-8-,12-11-.